The number of nitrogen functional groups attached to an aromatic ring is 1. The van der Waals surface area contributed by atoms with Crippen molar-refractivity contribution in [3.63, 3.8) is 0 Å². The minimum atomic E-state index is -4.86. The number of alkyl halides is 3. The van der Waals surface area contributed by atoms with Gasteiger partial charge in [0.15, 0.2) is 10.7 Å². The Bertz CT molecular complexity index is 1100. The molecule has 0 bridgehead atoms. The van der Waals surface area contributed by atoms with Crippen LogP contribution in [0, 0.1) is 11.8 Å². The minimum absolute atomic E-state index is 0.0157. The van der Waals surface area contributed by atoms with Crippen LogP contribution in [0.15, 0.2) is 29.4 Å². The monoisotopic (exact) mass is 475 g/mol. The predicted octanol–water partition coefficient (Wildman–Crippen LogP) is 1.79. The van der Waals surface area contributed by atoms with Crippen molar-refractivity contribution < 1.29 is 26.7 Å². The molecule has 0 spiro atoms. The van der Waals surface area contributed by atoms with Gasteiger partial charge in [0.25, 0.3) is 0 Å². The van der Waals surface area contributed by atoms with Crippen LogP contribution >= 0.6 is 11.3 Å². The quantitative estimate of drug-likeness (QED) is 0.649. The van der Waals surface area contributed by atoms with Gasteiger partial charge in [-0.3, -0.25) is 0 Å². The van der Waals surface area contributed by atoms with E-state index in [1.807, 2.05) is 0 Å². The van der Waals surface area contributed by atoms with Crippen molar-refractivity contribution in [1.29, 1.82) is 0 Å². The number of nitrogens with zero attached hydrogens (tertiary/aromatic N) is 4. The summed E-state index contributed by atoms with van der Waals surface area (Å²) >= 11 is 0.695. The Morgan fingerprint density at radius 1 is 1.26 bits per heavy atom. The van der Waals surface area contributed by atoms with Crippen LogP contribution in [0.1, 0.15) is 18.7 Å². The SMILES string of the molecule is CC#C[C@H]1CN(S(=O)(=O)c2ccc(N)nc2)CCN1c1ncc(C(C)(O)C(F)(F)F)s1. The van der Waals surface area contributed by atoms with Crippen LogP contribution in [0.4, 0.5) is 24.1 Å². The molecule has 8 nitrogen and oxygen atoms in total. The number of hydrogen-bond acceptors (Lipinski definition) is 8. The van der Waals surface area contributed by atoms with Crippen LogP contribution in [0.2, 0.25) is 0 Å². The molecule has 31 heavy (non-hydrogen) atoms. The molecule has 0 aliphatic carbocycles. The number of aromatic nitrogens is 2. The van der Waals surface area contributed by atoms with E-state index >= 15 is 0 Å². The molecular formula is C18H20F3N5O3S2. The Balaban J connectivity index is 1.86. The Morgan fingerprint density at radius 2 is 1.97 bits per heavy atom. The molecule has 1 aliphatic rings. The number of halogens is 3. The Hall–Kier alpha value is -2.40. The first kappa shape index (κ1) is 23.3. The molecule has 2 aromatic rings. The summed E-state index contributed by atoms with van der Waals surface area (Å²) in [6.45, 7) is 2.45. The summed E-state index contributed by atoms with van der Waals surface area (Å²) in [5, 5.41) is 10.1. The van der Waals surface area contributed by atoms with Crippen LogP contribution in [-0.4, -0.2) is 59.6 Å². The zero-order valence-electron chi connectivity index (χ0n) is 16.6. The van der Waals surface area contributed by atoms with Crippen molar-refractivity contribution in [1.82, 2.24) is 14.3 Å². The largest absolute Gasteiger partial charge is 0.422 e. The highest BCUT2D eigenvalue weighted by Gasteiger charge is 2.52. The molecule has 1 aliphatic heterocycles. The number of sulfonamides is 1. The summed E-state index contributed by atoms with van der Waals surface area (Å²) in [6, 6.07) is 2.11. The molecule has 2 atom stereocenters. The van der Waals surface area contributed by atoms with Crippen molar-refractivity contribution >= 4 is 32.3 Å². The van der Waals surface area contributed by atoms with E-state index in [9.17, 15) is 26.7 Å². The molecule has 13 heteroatoms. The van der Waals surface area contributed by atoms with Crippen LogP contribution in [0.3, 0.4) is 0 Å². The number of anilines is 2. The maximum atomic E-state index is 13.1. The molecule has 3 heterocycles. The van der Waals surface area contributed by atoms with Gasteiger partial charge in [0, 0.05) is 32.0 Å². The second-order valence-corrected chi connectivity index (χ2v) is 9.91. The van der Waals surface area contributed by atoms with Crippen LogP contribution in [-0.2, 0) is 15.6 Å². The fourth-order valence-corrected chi connectivity index (χ4v) is 5.39. The molecule has 1 fully saturated rings. The van der Waals surface area contributed by atoms with Gasteiger partial charge in [0.05, 0.1) is 4.88 Å². The first-order valence-electron chi connectivity index (χ1n) is 9.04. The maximum Gasteiger partial charge on any atom is 0.422 e. The summed E-state index contributed by atoms with van der Waals surface area (Å²) in [7, 11) is -3.86. The second kappa shape index (κ2) is 8.27. The lowest BCUT2D eigenvalue weighted by Crippen LogP contribution is -2.54. The standard InChI is InChI=1S/C18H20F3N5O3S2/c1-3-4-12-11-25(31(28,29)13-5-6-15(22)23-9-13)7-8-26(12)16-24-10-14(30-16)17(2,27)18(19,20)21/h5-6,9-10,12,27H,7-8,11H2,1-2H3,(H2,22,23)/t12-,17?/m0/s1. The molecule has 2 aromatic heterocycles. The zero-order valence-corrected chi connectivity index (χ0v) is 18.2. The Labute approximate surface area is 181 Å². The van der Waals surface area contributed by atoms with Crippen molar-refractivity contribution in [3.8, 4) is 11.8 Å². The van der Waals surface area contributed by atoms with Gasteiger partial charge in [-0.25, -0.2) is 18.4 Å². The second-order valence-electron chi connectivity index (χ2n) is 6.96. The normalized spacial score (nSPS) is 20.1. The van der Waals surface area contributed by atoms with E-state index in [2.05, 4.69) is 21.8 Å². The lowest BCUT2D eigenvalue weighted by Gasteiger charge is -2.38. The number of pyridine rings is 1. The first-order chi connectivity index (χ1) is 14.4. The first-order valence-corrected chi connectivity index (χ1v) is 11.3. The molecule has 1 unspecified atom stereocenters. The van der Waals surface area contributed by atoms with Crippen molar-refractivity contribution in [2.75, 3.05) is 30.3 Å². The summed E-state index contributed by atoms with van der Waals surface area (Å²) in [5.74, 6) is 5.80. The predicted molar refractivity (Wildman–Crippen MR) is 110 cm³/mol. The Kier molecular flexibility index (Phi) is 6.21. The number of hydrogen-bond donors (Lipinski definition) is 2. The summed E-state index contributed by atoms with van der Waals surface area (Å²) in [6.07, 6.45) is -2.71. The fourth-order valence-electron chi connectivity index (χ4n) is 2.95. The molecule has 3 rings (SSSR count). The van der Waals surface area contributed by atoms with E-state index in [1.54, 1.807) is 11.8 Å². The third-order valence-electron chi connectivity index (χ3n) is 4.82. The topological polar surface area (TPSA) is 113 Å². The van der Waals surface area contributed by atoms with Crippen molar-refractivity contribution in [2.45, 2.75) is 36.6 Å². The van der Waals surface area contributed by atoms with Gasteiger partial charge in [-0.2, -0.15) is 17.5 Å². The summed E-state index contributed by atoms with van der Waals surface area (Å²) in [4.78, 5) is 9.11. The third-order valence-corrected chi connectivity index (χ3v) is 7.92. The highest BCUT2D eigenvalue weighted by molar-refractivity contribution is 7.89. The van der Waals surface area contributed by atoms with Gasteiger partial charge in [0.1, 0.15) is 16.8 Å². The molecule has 0 amide bonds. The van der Waals surface area contributed by atoms with E-state index in [4.69, 9.17) is 5.73 Å². The van der Waals surface area contributed by atoms with E-state index in [-0.39, 0.29) is 40.4 Å². The average molecular weight is 476 g/mol. The van der Waals surface area contributed by atoms with Gasteiger partial charge < -0.3 is 15.7 Å². The lowest BCUT2D eigenvalue weighted by atomic mass is 10.1. The number of piperazine rings is 1. The molecule has 168 valence electrons. The van der Waals surface area contributed by atoms with E-state index in [1.165, 1.54) is 22.6 Å². The molecule has 1 saturated heterocycles. The Morgan fingerprint density at radius 3 is 2.55 bits per heavy atom. The third kappa shape index (κ3) is 4.47. The highest BCUT2D eigenvalue weighted by Crippen LogP contribution is 2.42. The van der Waals surface area contributed by atoms with E-state index in [0.717, 1.165) is 6.20 Å². The van der Waals surface area contributed by atoms with Gasteiger partial charge in [-0.05, 0) is 26.0 Å². The van der Waals surface area contributed by atoms with Gasteiger partial charge >= 0.3 is 6.18 Å². The van der Waals surface area contributed by atoms with Gasteiger partial charge in [-0.15, -0.1) is 5.92 Å². The number of nitrogens with two attached hydrogens (primary N) is 1. The van der Waals surface area contributed by atoms with Crippen LogP contribution < -0.4 is 10.6 Å². The summed E-state index contributed by atoms with van der Waals surface area (Å²) in [5.41, 5.74) is 2.47. The van der Waals surface area contributed by atoms with Crippen molar-refractivity contribution in [3.05, 3.63) is 29.4 Å². The number of rotatable bonds is 4. The zero-order chi connectivity index (χ0) is 23.0. The van der Waals surface area contributed by atoms with Crippen LogP contribution in [0.5, 0.6) is 0 Å². The summed E-state index contributed by atoms with van der Waals surface area (Å²) < 4.78 is 66.6. The molecule has 0 saturated carbocycles. The fraction of sp³-hybridized carbons (Fsp3) is 0.444. The van der Waals surface area contributed by atoms with Crippen LogP contribution in [0.25, 0.3) is 0 Å². The molecular weight excluding hydrogens is 455 g/mol. The highest BCUT2D eigenvalue weighted by atomic mass is 32.2. The van der Waals surface area contributed by atoms with E-state index < -0.39 is 27.8 Å². The molecule has 3 N–H and O–H groups in total. The van der Waals surface area contributed by atoms with Gasteiger partial charge in [0.2, 0.25) is 10.0 Å². The van der Waals surface area contributed by atoms with Crippen molar-refractivity contribution in [2.24, 2.45) is 0 Å². The smallest absolute Gasteiger partial charge is 0.384 e. The maximum absolute atomic E-state index is 13.1. The van der Waals surface area contributed by atoms with Gasteiger partial charge in [-0.1, -0.05) is 17.3 Å². The minimum Gasteiger partial charge on any atom is -0.384 e. The van der Waals surface area contributed by atoms with E-state index in [0.29, 0.717) is 18.3 Å². The lowest BCUT2D eigenvalue weighted by molar-refractivity contribution is -0.257. The number of thiazole rings is 1. The number of aliphatic hydroxyl groups is 1. The molecule has 0 radical (unpaired) electrons. The molecule has 0 aromatic carbocycles. The average Bonchev–Trinajstić information content (AvgIpc) is 3.18.